The van der Waals surface area contributed by atoms with Crippen LogP contribution in [0, 0.1) is 6.92 Å². The van der Waals surface area contributed by atoms with E-state index in [2.05, 4.69) is 36.0 Å². The van der Waals surface area contributed by atoms with Gasteiger partial charge in [-0.2, -0.15) is 0 Å². The van der Waals surface area contributed by atoms with Crippen molar-refractivity contribution in [3.63, 3.8) is 0 Å². The van der Waals surface area contributed by atoms with Crippen molar-refractivity contribution in [2.75, 3.05) is 26.9 Å². The molecule has 0 saturated heterocycles. The molecule has 0 saturated carbocycles. The van der Waals surface area contributed by atoms with Crippen molar-refractivity contribution < 1.29 is 28.6 Å². The van der Waals surface area contributed by atoms with Crippen molar-refractivity contribution in [1.29, 1.82) is 0 Å². The van der Waals surface area contributed by atoms with E-state index >= 15 is 0 Å². The summed E-state index contributed by atoms with van der Waals surface area (Å²) in [5, 5.41) is 4.84. The Hall–Kier alpha value is -3.50. The predicted molar refractivity (Wildman–Crippen MR) is 159 cm³/mol. The zero-order valence-electron chi connectivity index (χ0n) is 23.9. The van der Waals surface area contributed by atoms with E-state index in [9.17, 15) is 14.4 Å². The summed E-state index contributed by atoms with van der Waals surface area (Å²) in [4.78, 5) is 44.9. The zero-order chi connectivity index (χ0) is 29.0. The normalized spacial score (nSPS) is 12.4. The van der Waals surface area contributed by atoms with Crippen LogP contribution in [-0.2, 0) is 15.9 Å². The van der Waals surface area contributed by atoms with Crippen LogP contribution in [0.5, 0.6) is 5.75 Å². The Kier molecular flexibility index (Phi) is 9.10. The quantitative estimate of drug-likeness (QED) is 0.239. The topological polar surface area (TPSA) is 104 Å². The molecule has 0 spiro atoms. The van der Waals surface area contributed by atoms with Crippen LogP contribution in [0.4, 0.5) is 0 Å². The van der Waals surface area contributed by atoms with E-state index in [1.165, 1.54) is 7.11 Å². The Morgan fingerprint density at radius 2 is 1.85 bits per heavy atom. The molecule has 0 aliphatic carbocycles. The van der Waals surface area contributed by atoms with Gasteiger partial charge < -0.3 is 19.5 Å². The number of nitrogens with one attached hydrogen (secondary N) is 1. The number of fused-ring (bicyclic) bond motifs is 3. The number of benzene rings is 1. The summed E-state index contributed by atoms with van der Waals surface area (Å²) in [5.74, 6) is -0.976. The third-order valence-electron chi connectivity index (χ3n) is 6.68. The first-order chi connectivity index (χ1) is 19.0. The number of carbonyl (C=O) groups excluding carboxylic acids is 3. The van der Waals surface area contributed by atoms with Crippen LogP contribution >= 0.6 is 11.3 Å². The van der Waals surface area contributed by atoms with Crippen molar-refractivity contribution in [1.82, 2.24) is 10.3 Å². The number of hydrogen-bond donors (Lipinski definition) is 1. The Bertz CT molecular complexity index is 1440. The van der Waals surface area contributed by atoms with Gasteiger partial charge in [0.15, 0.2) is 5.69 Å². The number of nitrogens with zero attached hydrogens (tertiary/aromatic N) is 1. The average molecular weight is 581 g/mol. The minimum Gasteiger partial charge on any atom is -0.493 e. The lowest BCUT2D eigenvalue weighted by molar-refractivity contribution is 0.0524. The van der Waals surface area contributed by atoms with Gasteiger partial charge in [0.1, 0.15) is 11.4 Å². The molecular formula is C30H36N2O6SSi. The van der Waals surface area contributed by atoms with Gasteiger partial charge in [-0.15, -0.1) is 11.3 Å². The molecule has 212 valence electrons. The highest BCUT2D eigenvalue weighted by molar-refractivity contribution is 7.13. The fraction of sp³-hybridized carbons (Fsp3) is 0.400. The molecule has 0 atom stereocenters. The lowest BCUT2D eigenvalue weighted by atomic mass is 9.93. The SMILES string of the molecule is CCCNC(=O)c1nc(C(=O)OC)c(-c2cc3c(cc2C(=O)OCC[Si](C)(C)C)-c2sccc2CCO3)cc1C. The van der Waals surface area contributed by atoms with E-state index in [4.69, 9.17) is 14.2 Å². The largest absolute Gasteiger partial charge is 0.493 e. The summed E-state index contributed by atoms with van der Waals surface area (Å²) < 4.78 is 17.0. The summed E-state index contributed by atoms with van der Waals surface area (Å²) in [5.41, 5.74) is 3.71. The zero-order valence-corrected chi connectivity index (χ0v) is 25.8. The van der Waals surface area contributed by atoms with Crippen molar-refractivity contribution >= 4 is 37.3 Å². The number of hydrogen-bond acceptors (Lipinski definition) is 8. The molecule has 0 bridgehead atoms. The number of aryl methyl sites for hydroxylation is 1. The highest BCUT2D eigenvalue weighted by Gasteiger charge is 2.28. The van der Waals surface area contributed by atoms with Crippen LogP contribution in [0.2, 0.25) is 25.7 Å². The summed E-state index contributed by atoms with van der Waals surface area (Å²) in [6.45, 7) is 11.6. The smallest absolute Gasteiger partial charge is 0.357 e. The molecule has 4 rings (SSSR count). The molecule has 2 aromatic heterocycles. The number of ether oxygens (including phenoxy) is 3. The maximum atomic E-state index is 13.6. The molecule has 0 unspecified atom stereocenters. The predicted octanol–water partition coefficient (Wildman–Crippen LogP) is 6.14. The molecule has 1 aromatic carbocycles. The molecule has 40 heavy (non-hydrogen) atoms. The van der Waals surface area contributed by atoms with E-state index in [-0.39, 0.29) is 17.3 Å². The molecule has 10 heteroatoms. The van der Waals surface area contributed by atoms with Gasteiger partial charge in [-0.1, -0.05) is 26.6 Å². The van der Waals surface area contributed by atoms with Gasteiger partial charge in [0.05, 0.1) is 25.9 Å². The number of pyridine rings is 1. The number of rotatable bonds is 9. The summed E-state index contributed by atoms with van der Waals surface area (Å²) in [7, 11) is -0.180. The monoisotopic (exact) mass is 580 g/mol. The van der Waals surface area contributed by atoms with Crippen LogP contribution in [0.25, 0.3) is 21.6 Å². The highest BCUT2D eigenvalue weighted by atomic mass is 32.1. The van der Waals surface area contributed by atoms with Crippen molar-refractivity contribution in [2.45, 2.75) is 52.4 Å². The van der Waals surface area contributed by atoms with Crippen LogP contribution in [0.3, 0.4) is 0 Å². The van der Waals surface area contributed by atoms with Crippen molar-refractivity contribution in [3.8, 4) is 27.3 Å². The van der Waals surface area contributed by atoms with Gasteiger partial charge in [0.2, 0.25) is 0 Å². The molecule has 1 aliphatic heterocycles. The summed E-state index contributed by atoms with van der Waals surface area (Å²) in [6.07, 6.45) is 1.51. The van der Waals surface area contributed by atoms with Crippen molar-refractivity contribution in [3.05, 3.63) is 57.7 Å². The van der Waals surface area contributed by atoms with Crippen LogP contribution in [0.15, 0.2) is 29.6 Å². The molecule has 3 heterocycles. The average Bonchev–Trinajstić information content (AvgIpc) is 3.31. The highest BCUT2D eigenvalue weighted by Crippen LogP contribution is 2.43. The van der Waals surface area contributed by atoms with E-state index in [1.807, 2.05) is 12.3 Å². The molecule has 3 aromatic rings. The summed E-state index contributed by atoms with van der Waals surface area (Å²) in [6, 6.07) is 8.17. The second-order valence-corrected chi connectivity index (χ2v) is 17.5. The van der Waals surface area contributed by atoms with Crippen LogP contribution in [0.1, 0.15) is 55.8 Å². The third-order valence-corrected chi connectivity index (χ3v) is 9.37. The molecule has 8 nitrogen and oxygen atoms in total. The first-order valence-corrected chi connectivity index (χ1v) is 18.1. The Labute approximate surface area is 240 Å². The van der Waals surface area contributed by atoms with Gasteiger partial charge in [0, 0.05) is 42.6 Å². The Balaban J connectivity index is 1.90. The first-order valence-electron chi connectivity index (χ1n) is 13.5. The van der Waals surface area contributed by atoms with E-state index in [1.54, 1.807) is 36.5 Å². The number of amides is 1. The number of thiophene rings is 1. The first kappa shape index (κ1) is 29.5. The van der Waals surface area contributed by atoms with Crippen molar-refractivity contribution in [2.24, 2.45) is 0 Å². The maximum absolute atomic E-state index is 13.6. The molecule has 1 amide bonds. The molecule has 1 N–H and O–H groups in total. The lowest BCUT2D eigenvalue weighted by Gasteiger charge is -2.19. The Morgan fingerprint density at radius 3 is 2.55 bits per heavy atom. The van der Waals surface area contributed by atoms with E-state index in [0.717, 1.165) is 34.9 Å². The molecule has 1 aliphatic rings. The second kappa shape index (κ2) is 12.3. The standard InChI is InChI=1S/C30H36N2O6SSi/c1-7-10-31-28(33)25-18(2)15-21(26(32-25)30(35)36-3)20-17-24-23(27-19(8-11-37-24)9-13-39-27)16-22(20)29(34)38-12-14-40(4,5)6/h9,13,15-17H,7-8,10-12,14H2,1-6H3,(H,31,33). The fourth-order valence-corrected chi connectivity index (χ4v) is 6.15. The van der Waals surface area contributed by atoms with Gasteiger partial charge in [-0.3, -0.25) is 4.79 Å². The van der Waals surface area contributed by atoms with E-state index in [0.29, 0.717) is 47.8 Å². The number of carbonyl (C=O) groups is 3. The van der Waals surface area contributed by atoms with Gasteiger partial charge in [-0.05, 0) is 60.2 Å². The number of esters is 2. The van der Waals surface area contributed by atoms with Gasteiger partial charge in [-0.25, -0.2) is 14.6 Å². The maximum Gasteiger partial charge on any atom is 0.357 e. The van der Waals surface area contributed by atoms with Crippen LogP contribution < -0.4 is 10.1 Å². The third kappa shape index (κ3) is 6.44. The molecule has 0 radical (unpaired) electrons. The van der Waals surface area contributed by atoms with Gasteiger partial charge >= 0.3 is 11.9 Å². The second-order valence-electron chi connectivity index (χ2n) is 11.0. The van der Waals surface area contributed by atoms with Gasteiger partial charge in [0.25, 0.3) is 5.91 Å². The number of methoxy groups -OCH3 is 1. The lowest BCUT2D eigenvalue weighted by Crippen LogP contribution is -2.27. The van der Waals surface area contributed by atoms with Crippen LogP contribution in [-0.4, -0.2) is 57.8 Å². The fourth-order valence-electron chi connectivity index (χ4n) is 4.46. The molecular weight excluding hydrogens is 544 g/mol. The number of aromatic nitrogens is 1. The molecule has 0 fully saturated rings. The Morgan fingerprint density at radius 1 is 1.07 bits per heavy atom. The summed E-state index contributed by atoms with van der Waals surface area (Å²) >= 11 is 1.59. The van der Waals surface area contributed by atoms with E-state index < -0.39 is 20.0 Å². The minimum absolute atomic E-state index is 0.0590. The minimum atomic E-state index is -1.44.